The van der Waals surface area contributed by atoms with Gasteiger partial charge in [0.15, 0.2) is 5.78 Å². The topological polar surface area (TPSA) is 114 Å². The van der Waals surface area contributed by atoms with Crippen LogP contribution in [-0.2, 0) is 9.59 Å². The van der Waals surface area contributed by atoms with Crippen LogP contribution in [0.5, 0.6) is 0 Å². The number of halogens is 1. The molecular formula is C23H21ClN4O4. The maximum atomic E-state index is 13.4. The van der Waals surface area contributed by atoms with Crippen molar-refractivity contribution in [1.82, 2.24) is 10.3 Å². The van der Waals surface area contributed by atoms with Crippen LogP contribution in [0.15, 0.2) is 58.9 Å². The molecule has 0 saturated heterocycles. The van der Waals surface area contributed by atoms with Gasteiger partial charge >= 0.3 is 0 Å². The van der Waals surface area contributed by atoms with Gasteiger partial charge in [0.2, 0.25) is 0 Å². The summed E-state index contributed by atoms with van der Waals surface area (Å²) in [5.41, 5.74) is 3.07. The van der Waals surface area contributed by atoms with Crippen molar-refractivity contribution in [3.05, 3.63) is 85.3 Å². The van der Waals surface area contributed by atoms with Crippen molar-refractivity contribution < 1.29 is 14.5 Å². The number of dihydropyridines is 1. The van der Waals surface area contributed by atoms with E-state index in [1.54, 1.807) is 25.1 Å². The monoisotopic (exact) mass is 452 g/mol. The van der Waals surface area contributed by atoms with E-state index in [2.05, 4.69) is 15.6 Å². The predicted octanol–water partition coefficient (Wildman–Crippen LogP) is 4.56. The zero-order chi connectivity index (χ0) is 23.0. The van der Waals surface area contributed by atoms with Crippen molar-refractivity contribution in [3.63, 3.8) is 0 Å². The molecule has 0 fully saturated rings. The predicted molar refractivity (Wildman–Crippen MR) is 120 cm³/mol. The summed E-state index contributed by atoms with van der Waals surface area (Å²) in [7, 11) is 0. The van der Waals surface area contributed by atoms with Crippen molar-refractivity contribution in [2.75, 3.05) is 5.32 Å². The third-order valence-electron chi connectivity index (χ3n) is 5.65. The number of allylic oxidation sites excluding steroid dienone is 3. The normalized spacial score (nSPS) is 18.2. The first-order chi connectivity index (χ1) is 15.3. The molecule has 4 rings (SSSR count). The lowest BCUT2D eigenvalue weighted by molar-refractivity contribution is -0.384. The van der Waals surface area contributed by atoms with E-state index >= 15 is 0 Å². The average molecular weight is 453 g/mol. The second-order valence-electron chi connectivity index (χ2n) is 7.85. The van der Waals surface area contributed by atoms with Crippen LogP contribution < -0.4 is 10.6 Å². The van der Waals surface area contributed by atoms with Gasteiger partial charge in [-0.25, -0.2) is 4.98 Å². The summed E-state index contributed by atoms with van der Waals surface area (Å²) < 4.78 is 0. The summed E-state index contributed by atoms with van der Waals surface area (Å²) in [5.74, 6) is -0.876. The van der Waals surface area contributed by atoms with E-state index in [1.807, 2.05) is 13.0 Å². The number of nitrogens with zero attached hydrogens (tertiary/aromatic N) is 2. The van der Waals surface area contributed by atoms with Gasteiger partial charge in [0, 0.05) is 46.6 Å². The number of rotatable bonds is 4. The molecule has 8 nitrogen and oxygen atoms in total. The average Bonchev–Trinajstić information content (AvgIpc) is 2.73. The van der Waals surface area contributed by atoms with Crippen LogP contribution in [0.25, 0.3) is 0 Å². The number of benzene rings is 1. The third-order valence-corrected chi connectivity index (χ3v) is 5.97. The van der Waals surface area contributed by atoms with Gasteiger partial charge in [-0.15, -0.1) is 0 Å². The number of ketones is 1. The zero-order valence-electron chi connectivity index (χ0n) is 17.6. The maximum absolute atomic E-state index is 13.4. The molecule has 32 heavy (non-hydrogen) atoms. The Labute approximate surface area is 189 Å². The number of carbonyl (C=O) groups excluding carboxylic acids is 2. The number of Topliss-reactive ketones (excluding diaryl/α,β-unsaturated/α-hetero) is 1. The summed E-state index contributed by atoms with van der Waals surface area (Å²) in [6.45, 7) is 3.58. The number of aryl methyl sites for hydroxylation is 1. The Balaban J connectivity index is 1.84. The molecule has 1 aliphatic carbocycles. The van der Waals surface area contributed by atoms with Crippen molar-refractivity contribution in [2.24, 2.45) is 0 Å². The molecule has 1 amide bonds. The second kappa shape index (κ2) is 8.55. The van der Waals surface area contributed by atoms with Gasteiger partial charge in [-0.1, -0.05) is 23.7 Å². The number of amides is 1. The second-order valence-corrected chi connectivity index (χ2v) is 8.26. The molecule has 164 valence electrons. The van der Waals surface area contributed by atoms with Crippen LogP contribution in [-0.4, -0.2) is 21.6 Å². The molecule has 1 aromatic carbocycles. The van der Waals surface area contributed by atoms with Crippen molar-refractivity contribution in [1.29, 1.82) is 0 Å². The first-order valence-electron chi connectivity index (χ1n) is 10.2. The van der Waals surface area contributed by atoms with E-state index in [-0.39, 0.29) is 16.5 Å². The zero-order valence-corrected chi connectivity index (χ0v) is 18.3. The Bertz CT molecular complexity index is 1220. The highest BCUT2D eigenvalue weighted by molar-refractivity contribution is 6.32. The Morgan fingerprint density at radius 3 is 2.75 bits per heavy atom. The highest BCUT2D eigenvalue weighted by Gasteiger charge is 2.39. The van der Waals surface area contributed by atoms with E-state index in [0.29, 0.717) is 47.5 Å². The Kier molecular flexibility index (Phi) is 5.80. The van der Waals surface area contributed by atoms with E-state index in [9.17, 15) is 19.7 Å². The number of hydrogen-bond acceptors (Lipinski definition) is 6. The molecule has 1 atom stereocenters. The summed E-state index contributed by atoms with van der Waals surface area (Å²) in [4.78, 5) is 41.6. The van der Waals surface area contributed by atoms with Gasteiger partial charge in [-0.2, -0.15) is 0 Å². The van der Waals surface area contributed by atoms with E-state index in [0.717, 1.165) is 11.4 Å². The highest BCUT2D eigenvalue weighted by Crippen LogP contribution is 2.43. The molecule has 0 bridgehead atoms. The fraction of sp³-hybridized carbons (Fsp3) is 0.261. The molecule has 2 N–H and O–H groups in total. The van der Waals surface area contributed by atoms with Gasteiger partial charge in [-0.05, 0) is 50.5 Å². The number of hydrogen-bond donors (Lipinski definition) is 2. The molecule has 1 aliphatic heterocycles. The SMILES string of the molecule is CC1=C(C(=O)Nc2cccc(C)n2)C(c2ccc(Cl)c([N+](=O)[O-])c2)C2=C(CCCC2=O)N1. The Morgan fingerprint density at radius 2 is 2.03 bits per heavy atom. The lowest BCUT2D eigenvalue weighted by Crippen LogP contribution is -2.35. The summed E-state index contributed by atoms with van der Waals surface area (Å²) in [6.07, 6.45) is 1.74. The molecule has 0 spiro atoms. The lowest BCUT2D eigenvalue weighted by Gasteiger charge is -2.34. The van der Waals surface area contributed by atoms with Crippen molar-refractivity contribution >= 4 is 34.8 Å². The van der Waals surface area contributed by atoms with Crippen molar-refractivity contribution in [3.8, 4) is 0 Å². The van der Waals surface area contributed by atoms with Crippen molar-refractivity contribution in [2.45, 2.75) is 39.0 Å². The Morgan fingerprint density at radius 1 is 1.25 bits per heavy atom. The minimum atomic E-state index is -0.750. The van der Waals surface area contributed by atoms with Gasteiger partial charge in [0.05, 0.1) is 4.92 Å². The summed E-state index contributed by atoms with van der Waals surface area (Å²) in [5, 5.41) is 17.5. The largest absolute Gasteiger partial charge is 0.362 e. The molecule has 9 heteroatoms. The number of pyridine rings is 1. The van der Waals surface area contributed by atoms with Crippen LogP contribution in [0.1, 0.15) is 43.4 Å². The third kappa shape index (κ3) is 4.01. The van der Waals surface area contributed by atoms with Crippen LogP contribution in [0.4, 0.5) is 11.5 Å². The molecular weight excluding hydrogens is 432 g/mol. The van der Waals surface area contributed by atoms with Crippen LogP contribution in [0.3, 0.4) is 0 Å². The number of carbonyl (C=O) groups is 2. The van der Waals surface area contributed by atoms with Crippen LogP contribution >= 0.6 is 11.6 Å². The first-order valence-corrected chi connectivity index (χ1v) is 10.6. The quantitative estimate of drug-likeness (QED) is 0.519. The van der Waals surface area contributed by atoms with Gasteiger partial charge < -0.3 is 10.6 Å². The number of nitrogens with one attached hydrogen (secondary N) is 2. The van der Waals surface area contributed by atoms with Gasteiger partial charge in [0.25, 0.3) is 11.6 Å². The molecule has 2 aliphatic rings. The number of anilines is 1. The molecule has 1 unspecified atom stereocenters. The fourth-order valence-electron chi connectivity index (χ4n) is 4.26. The first kappa shape index (κ1) is 21.7. The minimum absolute atomic E-state index is 0.00692. The molecule has 0 saturated carbocycles. The van der Waals surface area contributed by atoms with Crippen LogP contribution in [0.2, 0.25) is 5.02 Å². The summed E-state index contributed by atoms with van der Waals surface area (Å²) >= 11 is 6.01. The fourth-order valence-corrected chi connectivity index (χ4v) is 4.45. The number of nitro groups is 1. The minimum Gasteiger partial charge on any atom is -0.362 e. The smallest absolute Gasteiger partial charge is 0.288 e. The van der Waals surface area contributed by atoms with Gasteiger partial charge in [-0.3, -0.25) is 19.7 Å². The molecule has 0 radical (unpaired) electrons. The molecule has 2 aromatic rings. The van der Waals surface area contributed by atoms with E-state index < -0.39 is 16.7 Å². The molecule has 2 heterocycles. The standard InChI is InChI=1S/C23H21ClN4O4/c1-12-5-3-8-19(25-12)27-23(30)20-13(2)26-16-6-4-7-18(29)22(16)21(20)14-9-10-15(24)17(11-14)28(31)32/h3,5,8-11,21,26H,4,6-7H2,1-2H3,(H,25,27,30). The lowest BCUT2D eigenvalue weighted by atomic mass is 9.75. The van der Waals surface area contributed by atoms with E-state index in [4.69, 9.17) is 11.6 Å². The summed E-state index contributed by atoms with van der Waals surface area (Å²) in [6, 6.07) is 9.67. The number of aromatic nitrogens is 1. The molecule has 1 aromatic heterocycles. The maximum Gasteiger partial charge on any atom is 0.288 e. The number of nitro benzene ring substituents is 1. The van der Waals surface area contributed by atoms with E-state index in [1.165, 1.54) is 12.1 Å². The van der Waals surface area contributed by atoms with Crippen LogP contribution in [0, 0.1) is 17.0 Å². The Hall–Kier alpha value is -3.52. The van der Waals surface area contributed by atoms with Gasteiger partial charge in [0.1, 0.15) is 10.8 Å². The highest BCUT2D eigenvalue weighted by atomic mass is 35.5.